The number of unbranched alkanes of at least 4 members (excludes halogenated alkanes) is 1. The molecule has 0 radical (unpaired) electrons. The number of hydrogen-bond acceptors (Lipinski definition) is 3. The third kappa shape index (κ3) is 5.23. The summed E-state index contributed by atoms with van der Waals surface area (Å²) < 4.78 is 6.36. The van der Waals surface area contributed by atoms with Crippen LogP contribution in [-0.2, 0) is 0 Å². The molecule has 2 amide bonds. The van der Waals surface area contributed by atoms with Crippen molar-refractivity contribution in [3.05, 3.63) is 63.2 Å². The molecule has 24 heavy (non-hydrogen) atoms. The van der Waals surface area contributed by atoms with Crippen LogP contribution < -0.4 is 15.6 Å². The minimum atomic E-state index is -0.380. The summed E-state index contributed by atoms with van der Waals surface area (Å²) >= 11 is 2.07. The number of hydrazine groups is 1. The van der Waals surface area contributed by atoms with Gasteiger partial charge in [0, 0.05) is 9.13 Å². The highest BCUT2D eigenvalue weighted by Crippen LogP contribution is 2.13. The van der Waals surface area contributed by atoms with Crippen LogP contribution in [0.15, 0.2) is 48.5 Å². The van der Waals surface area contributed by atoms with Crippen LogP contribution in [0.1, 0.15) is 40.5 Å². The smallest absolute Gasteiger partial charge is 0.270 e. The average Bonchev–Trinajstić information content (AvgIpc) is 2.60. The number of hydrogen-bond donors (Lipinski definition) is 2. The quantitative estimate of drug-likeness (QED) is 0.412. The number of carbonyl (C=O) groups is 2. The van der Waals surface area contributed by atoms with Crippen molar-refractivity contribution in [2.75, 3.05) is 6.61 Å². The standard InChI is InChI=1S/C18H19IN2O3/c1-2-3-12-24-14-10-8-13(9-11-14)17(22)20-21-18(23)15-6-4-5-7-16(15)19/h4-11H,2-3,12H2,1H3,(H,20,22)(H,21,23). The second kappa shape index (κ2) is 9.27. The molecule has 2 aromatic rings. The Kier molecular flexibility index (Phi) is 7.05. The summed E-state index contributed by atoms with van der Waals surface area (Å²) in [4.78, 5) is 24.1. The van der Waals surface area contributed by atoms with E-state index in [1.165, 1.54) is 0 Å². The molecule has 0 aliphatic heterocycles. The molecule has 0 fully saturated rings. The van der Waals surface area contributed by atoms with Crippen LogP contribution in [0.2, 0.25) is 0 Å². The van der Waals surface area contributed by atoms with Gasteiger partial charge in [-0.2, -0.15) is 0 Å². The Morgan fingerprint density at radius 1 is 1.00 bits per heavy atom. The van der Waals surface area contributed by atoms with Gasteiger partial charge in [0.15, 0.2) is 0 Å². The lowest BCUT2D eigenvalue weighted by Crippen LogP contribution is -2.41. The van der Waals surface area contributed by atoms with Crippen molar-refractivity contribution in [2.24, 2.45) is 0 Å². The van der Waals surface area contributed by atoms with Gasteiger partial charge in [-0.3, -0.25) is 20.4 Å². The maximum atomic E-state index is 12.1. The first-order valence-corrected chi connectivity index (χ1v) is 8.77. The molecule has 0 heterocycles. The van der Waals surface area contributed by atoms with Crippen molar-refractivity contribution in [3.8, 4) is 5.75 Å². The normalized spacial score (nSPS) is 10.1. The average molecular weight is 438 g/mol. The van der Waals surface area contributed by atoms with E-state index in [0.717, 1.165) is 22.2 Å². The minimum absolute atomic E-state index is 0.354. The van der Waals surface area contributed by atoms with Crippen molar-refractivity contribution in [2.45, 2.75) is 19.8 Å². The summed E-state index contributed by atoms with van der Waals surface area (Å²) in [6, 6.07) is 14.0. The van der Waals surface area contributed by atoms with Crippen molar-refractivity contribution in [3.63, 3.8) is 0 Å². The van der Waals surface area contributed by atoms with E-state index < -0.39 is 0 Å². The highest BCUT2D eigenvalue weighted by molar-refractivity contribution is 14.1. The highest BCUT2D eigenvalue weighted by atomic mass is 127. The lowest BCUT2D eigenvalue weighted by Gasteiger charge is -2.09. The number of carbonyl (C=O) groups excluding carboxylic acids is 2. The van der Waals surface area contributed by atoms with Gasteiger partial charge in [-0.1, -0.05) is 25.5 Å². The van der Waals surface area contributed by atoms with Crippen LogP contribution in [0.5, 0.6) is 5.75 Å². The third-order valence-corrected chi connectivity index (χ3v) is 4.23. The van der Waals surface area contributed by atoms with Crippen LogP contribution in [0.3, 0.4) is 0 Å². The fourth-order valence-corrected chi connectivity index (χ4v) is 2.57. The van der Waals surface area contributed by atoms with Gasteiger partial charge in [0.25, 0.3) is 11.8 Å². The van der Waals surface area contributed by atoms with Gasteiger partial charge < -0.3 is 4.74 Å². The summed E-state index contributed by atoms with van der Waals surface area (Å²) in [5.41, 5.74) is 5.79. The summed E-state index contributed by atoms with van der Waals surface area (Å²) in [5, 5.41) is 0. The first-order chi connectivity index (χ1) is 11.6. The fourth-order valence-electron chi connectivity index (χ4n) is 1.94. The topological polar surface area (TPSA) is 67.4 Å². The Bertz CT molecular complexity index is 702. The first kappa shape index (κ1) is 18.3. The van der Waals surface area contributed by atoms with Crippen LogP contribution in [-0.4, -0.2) is 18.4 Å². The maximum absolute atomic E-state index is 12.1. The molecule has 2 rings (SSSR count). The zero-order chi connectivity index (χ0) is 17.4. The molecule has 0 saturated heterocycles. The highest BCUT2D eigenvalue weighted by Gasteiger charge is 2.11. The zero-order valence-electron chi connectivity index (χ0n) is 13.3. The van der Waals surface area contributed by atoms with E-state index in [1.807, 2.05) is 12.1 Å². The van der Waals surface area contributed by atoms with Gasteiger partial charge in [0.05, 0.1) is 12.2 Å². The molecule has 2 N–H and O–H groups in total. The summed E-state index contributed by atoms with van der Waals surface area (Å²) in [7, 11) is 0. The van der Waals surface area contributed by atoms with Gasteiger partial charge in [0.1, 0.15) is 5.75 Å². The van der Waals surface area contributed by atoms with E-state index in [4.69, 9.17) is 4.74 Å². The van der Waals surface area contributed by atoms with Crippen LogP contribution in [0.4, 0.5) is 0 Å². The van der Waals surface area contributed by atoms with Crippen LogP contribution in [0, 0.1) is 3.57 Å². The van der Waals surface area contributed by atoms with Crippen LogP contribution in [0.25, 0.3) is 0 Å². The van der Waals surface area contributed by atoms with Crippen molar-refractivity contribution < 1.29 is 14.3 Å². The van der Waals surface area contributed by atoms with E-state index in [9.17, 15) is 9.59 Å². The number of rotatable bonds is 6. The first-order valence-electron chi connectivity index (χ1n) is 7.70. The van der Waals surface area contributed by atoms with Gasteiger partial charge in [0.2, 0.25) is 0 Å². The maximum Gasteiger partial charge on any atom is 0.270 e. The SMILES string of the molecule is CCCCOc1ccc(C(=O)NNC(=O)c2ccccc2I)cc1. The molecule has 0 aliphatic carbocycles. The molecule has 0 unspecified atom stereocenters. The van der Waals surface area contributed by atoms with E-state index in [0.29, 0.717) is 17.7 Å². The summed E-state index contributed by atoms with van der Waals surface area (Å²) in [5.74, 6) is -0.00913. The van der Waals surface area contributed by atoms with Gasteiger partial charge in [-0.15, -0.1) is 0 Å². The summed E-state index contributed by atoms with van der Waals surface area (Å²) in [6.07, 6.45) is 2.06. The molecule has 126 valence electrons. The molecule has 0 atom stereocenters. The van der Waals surface area contributed by atoms with Crippen molar-refractivity contribution >= 4 is 34.4 Å². The Balaban J connectivity index is 1.88. The van der Waals surface area contributed by atoms with E-state index >= 15 is 0 Å². The van der Waals surface area contributed by atoms with Crippen molar-refractivity contribution in [1.82, 2.24) is 10.9 Å². The number of nitrogens with one attached hydrogen (secondary N) is 2. The molecule has 2 aromatic carbocycles. The Morgan fingerprint density at radius 2 is 1.67 bits per heavy atom. The molecule has 6 heteroatoms. The largest absolute Gasteiger partial charge is 0.494 e. The van der Waals surface area contributed by atoms with Gasteiger partial charge in [-0.05, 0) is 65.4 Å². The predicted molar refractivity (Wildman–Crippen MR) is 101 cm³/mol. The predicted octanol–water partition coefficient (Wildman–Crippen LogP) is 3.54. The van der Waals surface area contributed by atoms with Gasteiger partial charge >= 0.3 is 0 Å². The van der Waals surface area contributed by atoms with E-state index in [-0.39, 0.29) is 11.8 Å². The van der Waals surface area contributed by atoms with E-state index in [2.05, 4.69) is 40.4 Å². The molecule has 0 aromatic heterocycles. The van der Waals surface area contributed by atoms with E-state index in [1.54, 1.807) is 36.4 Å². The molecule has 0 bridgehead atoms. The van der Waals surface area contributed by atoms with Crippen LogP contribution >= 0.6 is 22.6 Å². The lowest BCUT2D eigenvalue weighted by molar-refractivity contribution is 0.0846. The minimum Gasteiger partial charge on any atom is -0.494 e. The second-order valence-corrected chi connectivity index (χ2v) is 6.28. The number of halogens is 1. The number of ether oxygens (including phenoxy) is 1. The number of benzene rings is 2. The monoisotopic (exact) mass is 438 g/mol. The zero-order valence-corrected chi connectivity index (χ0v) is 15.5. The lowest BCUT2D eigenvalue weighted by atomic mass is 10.2. The molecular weight excluding hydrogens is 419 g/mol. The molecule has 0 spiro atoms. The molecular formula is C18H19IN2O3. The molecule has 0 aliphatic rings. The fraction of sp³-hybridized carbons (Fsp3) is 0.222. The van der Waals surface area contributed by atoms with Crippen molar-refractivity contribution in [1.29, 1.82) is 0 Å². The Labute approximate surface area is 154 Å². The Morgan fingerprint density at radius 3 is 2.33 bits per heavy atom. The summed E-state index contributed by atoms with van der Waals surface area (Å²) in [6.45, 7) is 2.76. The molecule has 0 saturated carbocycles. The third-order valence-electron chi connectivity index (χ3n) is 3.29. The molecule has 5 nitrogen and oxygen atoms in total. The van der Waals surface area contributed by atoms with Gasteiger partial charge in [-0.25, -0.2) is 0 Å². The second-order valence-electron chi connectivity index (χ2n) is 5.11. The number of amides is 2. The Hall–Kier alpha value is -2.09.